The average Bonchev–Trinajstić information content (AvgIpc) is 3.18. The molecule has 0 unspecified atom stereocenters. The third-order valence-electron chi connectivity index (χ3n) is 5.09. The molecule has 9 heteroatoms. The second-order valence-corrected chi connectivity index (χ2v) is 7.54. The van der Waals surface area contributed by atoms with E-state index in [0.717, 1.165) is 27.0 Å². The molecule has 9 nitrogen and oxygen atoms in total. The Kier molecular flexibility index (Phi) is 7.04. The summed E-state index contributed by atoms with van der Waals surface area (Å²) in [6.07, 6.45) is 0. The number of hydrogen-bond acceptors (Lipinski definition) is 6. The fourth-order valence-electron chi connectivity index (χ4n) is 3.37. The molecule has 0 fully saturated rings. The topological polar surface area (TPSA) is 127 Å². The van der Waals surface area contributed by atoms with E-state index in [1.807, 2.05) is 41.4 Å². The quantitative estimate of drug-likeness (QED) is 0.351. The number of nitrogens with one attached hydrogen (secondary N) is 2. The zero-order chi connectivity index (χ0) is 23.9. The van der Waals surface area contributed by atoms with Crippen molar-refractivity contribution < 1.29 is 19.2 Å². The molecule has 1 aromatic heterocycles. The van der Waals surface area contributed by atoms with Crippen LogP contribution in [0.25, 0.3) is 11.1 Å². The summed E-state index contributed by atoms with van der Waals surface area (Å²) in [6.45, 7) is 0.621. The number of aliphatic hydroxyl groups excluding tert-OH is 1. The van der Waals surface area contributed by atoms with E-state index in [1.165, 1.54) is 0 Å². The molecular weight excluding hydrogens is 438 g/mol. The van der Waals surface area contributed by atoms with E-state index in [2.05, 4.69) is 5.32 Å². The van der Waals surface area contributed by atoms with Crippen LogP contribution in [0.3, 0.4) is 0 Å². The zero-order valence-electron chi connectivity index (χ0n) is 18.2. The highest BCUT2D eigenvalue weighted by Crippen LogP contribution is 2.22. The van der Waals surface area contributed by atoms with Gasteiger partial charge in [0.1, 0.15) is 12.4 Å². The van der Waals surface area contributed by atoms with Crippen LogP contribution < -0.4 is 21.5 Å². The van der Waals surface area contributed by atoms with Gasteiger partial charge < -0.3 is 19.7 Å². The molecule has 0 spiro atoms. The number of hydrogen-bond donors (Lipinski definition) is 3. The number of ether oxygens (including phenoxy) is 1. The lowest BCUT2D eigenvalue weighted by Crippen LogP contribution is -2.26. The van der Waals surface area contributed by atoms with Gasteiger partial charge in [0.25, 0.3) is 5.91 Å². The van der Waals surface area contributed by atoms with Crippen molar-refractivity contribution in [3.05, 3.63) is 111 Å². The summed E-state index contributed by atoms with van der Waals surface area (Å²) in [7, 11) is 0. The molecule has 1 amide bonds. The number of amides is 1. The fraction of sp³-hybridized carbons (Fsp3) is 0.160. The molecular formula is C25H23N3O6. The smallest absolute Gasteiger partial charge is 0.440 e. The first-order valence-electron chi connectivity index (χ1n) is 10.6. The Hall–Kier alpha value is -4.37. The molecule has 0 saturated heterocycles. The van der Waals surface area contributed by atoms with Crippen molar-refractivity contribution in [2.24, 2.45) is 0 Å². The number of aromatic amines is 1. The predicted octanol–water partition coefficient (Wildman–Crippen LogP) is 2.15. The van der Waals surface area contributed by atoms with Crippen LogP contribution in [0.1, 0.15) is 21.5 Å². The number of H-pyrrole nitrogens is 1. The van der Waals surface area contributed by atoms with Gasteiger partial charge in [-0.2, -0.15) is 0 Å². The number of aliphatic hydroxyl groups is 1. The highest BCUT2D eigenvalue weighted by Gasteiger charge is 2.07. The van der Waals surface area contributed by atoms with E-state index >= 15 is 0 Å². The highest BCUT2D eigenvalue weighted by atomic mass is 16.5. The lowest BCUT2D eigenvalue weighted by molar-refractivity contribution is 0.0945. The van der Waals surface area contributed by atoms with Crippen LogP contribution >= 0.6 is 0 Å². The molecule has 3 N–H and O–H groups in total. The van der Waals surface area contributed by atoms with Crippen molar-refractivity contribution in [2.45, 2.75) is 13.2 Å². The molecule has 0 aliphatic rings. The van der Waals surface area contributed by atoms with Gasteiger partial charge in [0.15, 0.2) is 0 Å². The standard InChI is InChI=1S/C25H23N3O6/c29-13-12-26-23(30)20-8-6-19(7-9-20)21-3-1-2-18(14-21)16-33-22-10-4-17(5-11-22)15-28-24(31)27-25(32)34-28/h1-11,14,29H,12-13,15-16H2,(H,26,30)(H,27,31,32). The molecule has 0 atom stereocenters. The normalized spacial score (nSPS) is 10.7. The fourth-order valence-corrected chi connectivity index (χ4v) is 3.37. The second kappa shape index (κ2) is 10.5. The molecule has 34 heavy (non-hydrogen) atoms. The van der Waals surface area contributed by atoms with Crippen LogP contribution in [0.15, 0.2) is 86.9 Å². The van der Waals surface area contributed by atoms with E-state index in [0.29, 0.717) is 17.9 Å². The van der Waals surface area contributed by atoms with Gasteiger partial charge in [-0.15, -0.1) is 4.74 Å². The summed E-state index contributed by atoms with van der Waals surface area (Å²) < 4.78 is 11.6. The van der Waals surface area contributed by atoms with E-state index in [1.54, 1.807) is 36.4 Å². The third-order valence-corrected chi connectivity index (χ3v) is 5.09. The van der Waals surface area contributed by atoms with Gasteiger partial charge in [0.2, 0.25) is 0 Å². The Morgan fingerprint density at radius 1 is 0.971 bits per heavy atom. The number of benzene rings is 3. The first-order chi connectivity index (χ1) is 16.5. The van der Waals surface area contributed by atoms with E-state index in [4.69, 9.17) is 14.4 Å². The molecule has 0 bridgehead atoms. The highest BCUT2D eigenvalue weighted by molar-refractivity contribution is 5.94. The summed E-state index contributed by atoms with van der Waals surface area (Å²) >= 11 is 0. The minimum absolute atomic E-state index is 0.0999. The van der Waals surface area contributed by atoms with Crippen LogP contribution in [0, 0.1) is 0 Å². The summed E-state index contributed by atoms with van der Waals surface area (Å²) in [6, 6.07) is 22.3. The third kappa shape index (κ3) is 5.70. The summed E-state index contributed by atoms with van der Waals surface area (Å²) in [4.78, 5) is 36.7. The Balaban J connectivity index is 1.37. The monoisotopic (exact) mass is 461 g/mol. The van der Waals surface area contributed by atoms with Crippen molar-refractivity contribution in [3.8, 4) is 16.9 Å². The zero-order valence-corrected chi connectivity index (χ0v) is 18.2. The molecule has 4 aromatic rings. The maximum atomic E-state index is 12.0. The number of nitrogens with zero attached hydrogens (tertiary/aromatic N) is 1. The molecule has 0 saturated carbocycles. The molecule has 0 aliphatic carbocycles. The first kappa shape index (κ1) is 22.8. The first-order valence-corrected chi connectivity index (χ1v) is 10.6. The maximum Gasteiger partial charge on any atom is 0.440 e. The Labute approximate surface area is 194 Å². The van der Waals surface area contributed by atoms with Crippen LogP contribution in [0.2, 0.25) is 0 Å². The van der Waals surface area contributed by atoms with Crippen LogP contribution in [0.4, 0.5) is 0 Å². The van der Waals surface area contributed by atoms with Crippen LogP contribution in [-0.4, -0.2) is 33.9 Å². The molecule has 0 radical (unpaired) electrons. The minimum Gasteiger partial charge on any atom is -0.489 e. The van der Waals surface area contributed by atoms with Crippen molar-refractivity contribution >= 4 is 5.91 Å². The van der Waals surface area contributed by atoms with Gasteiger partial charge in [-0.25, -0.2) is 14.6 Å². The summed E-state index contributed by atoms with van der Waals surface area (Å²) in [5.41, 5.74) is 3.67. The van der Waals surface area contributed by atoms with E-state index in [-0.39, 0.29) is 25.6 Å². The maximum absolute atomic E-state index is 12.0. The van der Waals surface area contributed by atoms with Crippen molar-refractivity contribution in [1.82, 2.24) is 15.0 Å². The van der Waals surface area contributed by atoms with Crippen molar-refractivity contribution in [1.29, 1.82) is 0 Å². The predicted molar refractivity (Wildman–Crippen MR) is 125 cm³/mol. The SMILES string of the molecule is O=C(NCCO)c1ccc(-c2cccc(COc3ccc(Cn4oc(=O)[nH]c4=O)cc3)c2)cc1. The van der Waals surface area contributed by atoms with Crippen LogP contribution in [-0.2, 0) is 13.2 Å². The van der Waals surface area contributed by atoms with E-state index in [9.17, 15) is 14.4 Å². The second-order valence-electron chi connectivity index (χ2n) is 7.54. The molecule has 0 aliphatic heterocycles. The Bertz CT molecular complexity index is 1370. The molecule has 3 aromatic carbocycles. The Morgan fingerprint density at radius 2 is 1.74 bits per heavy atom. The molecule has 1 heterocycles. The minimum atomic E-state index is -0.785. The van der Waals surface area contributed by atoms with Gasteiger partial charge in [-0.05, 0) is 52.6 Å². The average molecular weight is 461 g/mol. The number of rotatable bonds is 9. The Morgan fingerprint density at radius 3 is 2.41 bits per heavy atom. The van der Waals surface area contributed by atoms with Gasteiger partial charge >= 0.3 is 11.4 Å². The van der Waals surface area contributed by atoms with Crippen LogP contribution in [0.5, 0.6) is 5.75 Å². The largest absolute Gasteiger partial charge is 0.489 e. The lowest BCUT2D eigenvalue weighted by Gasteiger charge is -2.10. The van der Waals surface area contributed by atoms with Gasteiger partial charge in [-0.1, -0.05) is 42.5 Å². The number of aromatic nitrogens is 2. The number of carbonyl (C=O) groups is 1. The lowest BCUT2D eigenvalue weighted by atomic mass is 10.0. The van der Waals surface area contributed by atoms with Gasteiger partial charge in [0, 0.05) is 12.1 Å². The molecule has 4 rings (SSSR count). The van der Waals surface area contributed by atoms with Gasteiger partial charge in [0.05, 0.1) is 13.2 Å². The summed E-state index contributed by atoms with van der Waals surface area (Å²) in [5.74, 6) is -0.347. The van der Waals surface area contributed by atoms with Gasteiger partial charge in [-0.3, -0.25) is 4.79 Å². The van der Waals surface area contributed by atoms with E-state index < -0.39 is 11.4 Å². The van der Waals surface area contributed by atoms with Crippen molar-refractivity contribution in [2.75, 3.05) is 13.2 Å². The summed E-state index contributed by atoms with van der Waals surface area (Å²) in [5, 5.41) is 11.5. The number of carbonyl (C=O) groups excluding carboxylic acids is 1. The van der Waals surface area contributed by atoms with Crippen molar-refractivity contribution in [3.63, 3.8) is 0 Å². The molecule has 174 valence electrons.